The number of amides is 1. The minimum absolute atomic E-state index is 0.0210. The van der Waals surface area contributed by atoms with E-state index < -0.39 is 29.3 Å². The molecule has 112 valence electrons. The molecule has 20 heavy (non-hydrogen) atoms. The van der Waals surface area contributed by atoms with Crippen molar-refractivity contribution in [1.82, 2.24) is 4.90 Å². The summed E-state index contributed by atoms with van der Waals surface area (Å²) in [5, 5.41) is 9.51. The highest BCUT2D eigenvalue weighted by Crippen LogP contribution is 2.20. The largest absolute Gasteiger partial charge is 0.389 e. The number of carbonyl (C=O) groups is 1. The van der Waals surface area contributed by atoms with Gasteiger partial charge in [-0.25, -0.2) is 8.78 Å². The number of anilines is 1. The Morgan fingerprint density at radius 1 is 1.50 bits per heavy atom. The lowest BCUT2D eigenvalue weighted by molar-refractivity contribution is 0.0380. The summed E-state index contributed by atoms with van der Waals surface area (Å²) >= 11 is 0. The predicted octanol–water partition coefficient (Wildman–Crippen LogP) is 0.330. The average Bonchev–Trinajstić information content (AvgIpc) is 2.37. The van der Waals surface area contributed by atoms with Crippen LogP contribution in [0.4, 0.5) is 14.5 Å². The van der Waals surface area contributed by atoms with E-state index in [9.17, 15) is 18.7 Å². The van der Waals surface area contributed by atoms with E-state index in [0.717, 1.165) is 17.0 Å². The normalized spacial score (nSPS) is 12.1. The van der Waals surface area contributed by atoms with Gasteiger partial charge in [-0.2, -0.15) is 0 Å². The molecule has 0 aliphatic carbocycles. The minimum Gasteiger partial charge on any atom is -0.389 e. The quantitative estimate of drug-likeness (QED) is 0.519. The summed E-state index contributed by atoms with van der Waals surface area (Å²) in [5.41, 5.74) is 1.19. The number of nitrogens with zero attached hydrogens (tertiary/aromatic N) is 1. The number of benzene rings is 1. The second-order valence-corrected chi connectivity index (χ2v) is 4.25. The Balaban J connectivity index is 2.87. The number of methoxy groups -OCH3 is 1. The number of carbonyl (C=O) groups excluding carboxylic acids is 1. The molecule has 0 saturated heterocycles. The van der Waals surface area contributed by atoms with E-state index in [-0.39, 0.29) is 18.7 Å². The Morgan fingerprint density at radius 2 is 2.05 bits per heavy atom. The van der Waals surface area contributed by atoms with Crippen LogP contribution >= 0.6 is 0 Å². The zero-order valence-electron chi connectivity index (χ0n) is 11.2. The van der Waals surface area contributed by atoms with E-state index in [2.05, 4.69) is 0 Å². The predicted molar refractivity (Wildman–Crippen MR) is 69.0 cm³/mol. The third-order valence-electron chi connectivity index (χ3n) is 2.62. The molecule has 8 heteroatoms. The first kappa shape index (κ1) is 16.3. The number of likely N-dealkylation sites (N-methyl/N-ethyl adjacent to an activating group) is 1. The molecule has 0 heterocycles. The van der Waals surface area contributed by atoms with E-state index in [0.29, 0.717) is 0 Å². The van der Waals surface area contributed by atoms with Crippen molar-refractivity contribution in [2.75, 3.05) is 32.7 Å². The molecule has 1 aromatic carbocycles. The van der Waals surface area contributed by atoms with Crippen LogP contribution < -0.4 is 11.3 Å². The van der Waals surface area contributed by atoms with Crippen molar-refractivity contribution >= 4 is 11.6 Å². The fourth-order valence-corrected chi connectivity index (χ4v) is 1.70. The molecular formula is C12H17F2N3O3. The smallest absolute Gasteiger partial charge is 0.253 e. The summed E-state index contributed by atoms with van der Waals surface area (Å²) in [4.78, 5) is 13.1. The second kappa shape index (κ2) is 7.13. The monoisotopic (exact) mass is 289 g/mol. The number of hydrogen-bond donors (Lipinski definition) is 3. The van der Waals surface area contributed by atoms with Crippen molar-refractivity contribution in [3.8, 4) is 0 Å². The van der Waals surface area contributed by atoms with Crippen LogP contribution in [-0.2, 0) is 4.74 Å². The van der Waals surface area contributed by atoms with Crippen molar-refractivity contribution in [2.45, 2.75) is 6.10 Å². The van der Waals surface area contributed by atoms with Gasteiger partial charge in [0.1, 0.15) is 5.69 Å². The number of nitrogens with one attached hydrogen (secondary N) is 1. The first-order valence-corrected chi connectivity index (χ1v) is 5.78. The molecule has 0 aromatic heterocycles. The molecule has 0 fully saturated rings. The Kier molecular flexibility index (Phi) is 5.81. The summed E-state index contributed by atoms with van der Waals surface area (Å²) in [6, 6.07) is 1.75. The van der Waals surface area contributed by atoms with Gasteiger partial charge in [-0.1, -0.05) is 0 Å². The lowest BCUT2D eigenvalue weighted by Crippen LogP contribution is -2.36. The Labute approximate surface area is 115 Å². The Morgan fingerprint density at radius 3 is 2.50 bits per heavy atom. The van der Waals surface area contributed by atoms with Gasteiger partial charge in [-0.3, -0.25) is 10.6 Å². The van der Waals surface area contributed by atoms with E-state index in [1.807, 2.05) is 5.43 Å². The van der Waals surface area contributed by atoms with Gasteiger partial charge in [0.25, 0.3) is 5.91 Å². The molecule has 0 radical (unpaired) electrons. The molecule has 1 atom stereocenters. The van der Waals surface area contributed by atoms with Crippen LogP contribution in [0.3, 0.4) is 0 Å². The second-order valence-electron chi connectivity index (χ2n) is 4.25. The Bertz CT molecular complexity index is 462. The van der Waals surface area contributed by atoms with Gasteiger partial charge in [0, 0.05) is 26.3 Å². The fraction of sp³-hybridized carbons (Fsp3) is 0.417. The van der Waals surface area contributed by atoms with Gasteiger partial charge >= 0.3 is 0 Å². The van der Waals surface area contributed by atoms with Gasteiger partial charge in [-0.05, 0) is 12.1 Å². The van der Waals surface area contributed by atoms with Crippen LogP contribution in [0.25, 0.3) is 0 Å². The summed E-state index contributed by atoms with van der Waals surface area (Å²) < 4.78 is 31.7. The number of halogens is 2. The highest BCUT2D eigenvalue weighted by Gasteiger charge is 2.19. The van der Waals surface area contributed by atoms with Gasteiger partial charge < -0.3 is 20.2 Å². The molecule has 6 nitrogen and oxygen atoms in total. The van der Waals surface area contributed by atoms with Crippen LogP contribution in [0.2, 0.25) is 0 Å². The highest BCUT2D eigenvalue weighted by atomic mass is 19.1. The lowest BCUT2D eigenvalue weighted by Gasteiger charge is -2.20. The van der Waals surface area contributed by atoms with E-state index in [4.69, 9.17) is 10.6 Å². The molecule has 0 aliphatic rings. The number of nitrogen functional groups attached to an aromatic ring is 1. The highest BCUT2D eigenvalue weighted by molar-refractivity contribution is 5.94. The summed E-state index contributed by atoms with van der Waals surface area (Å²) in [6.45, 7) is 0.0309. The summed E-state index contributed by atoms with van der Waals surface area (Å²) in [7, 11) is 2.82. The van der Waals surface area contributed by atoms with Gasteiger partial charge in [0.05, 0.1) is 12.7 Å². The molecular weight excluding hydrogens is 272 g/mol. The van der Waals surface area contributed by atoms with E-state index in [1.54, 1.807) is 0 Å². The molecule has 1 aromatic rings. The van der Waals surface area contributed by atoms with Crippen molar-refractivity contribution in [1.29, 1.82) is 0 Å². The maximum absolute atomic E-state index is 13.5. The van der Waals surface area contributed by atoms with Crippen LogP contribution in [0.1, 0.15) is 10.4 Å². The average molecular weight is 289 g/mol. The van der Waals surface area contributed by atoms with Crippen molar-refractivity contribution in [2.24, 2.45) is 5.84 Å². The number of hydrogen-bond acceptors (Lipinski definition) is 5. The topological polar surface area (TPSA) is 87.8 Å². The molecule has 1 amide bonds. The molecule has 1 rings (SSSR count). The first-order valence-electron chi connectivity index (χ1n) is 5.78. The molecule has 1 unspecified atom stereocenters. The maximum atomic E-state index is 13.5. The first-order chi connectivity index (χ1) is 9.40. The number of hydrazine groups is 1. The summed E-state index contributed by atoms with van der Waals surface area (Å²) in [6.07, 6.45) is -0.881. The van der Waals surface area contributed by atoms with Crippen LogP contribution in [-0.4, -0.2) is 49.3 Å². The fourth-order valence-electron chi connectivity index (χ4n) is 1.70. The maximum Gasteiger partial charge on any atom is 0.253 e. The number of aliphatic hydroxyl groups is 1. The van der Waals surface area contributed by atoms with E-state index in [1.165, 1.54) is 14.2 Å². The number of ether oxygens (including phenoxy) is 1. The van der Waals surface area contributed by atoms with Crippen molar-refractivity contribution in [3.05, 3.63) is 29.3 Å². The summed E-state index contributed by atoms with van der Waals surface area (Å²) in [5.74, 6) is 2.40. The van der Waals surface area contributed by atoms with Gasteiger partial charge in [0.2, 0.25) is 0 Å². The van der Waals surface area contributed by atoms with Gasteiger partial charge in [-0.15, -0.1) is 0 Å². The van der Waals surface area contributed by atoms with Crippen LogP contribution in [0.15, 0.2) is 12.1 Å². The molecule has 0 saturated carbocycles. The standard InChI is InChI=1S/C12H17F2N3O3/c1-17(5-8(18)6-20-2)12(19)7-3-9(13)11(16-15)10(14)4-7/h3-4,8,16,18H,5-6,15H2,1-2H3. The Hall–Kier alpha value is -1.77. The third kappa shape index (κ3) is 3.86. The number of nitrogens with two attached hydrogens (primary N) is 1. The van der Waals surface area contributed by atoms with E-state index >= 15 is 0 Å². The zero-order chi connectivity index (χ0) is 15.3. The van der Waals surface area contributed by atoms with Crippen molar-refractivity contribution in [3.63, 3.8) is 0 Å². The number of aliphatic hydroxyl groups excluding tert-OH is 1. The van der Waals surface area contributed by atoms with Gasteiger partial charge in [0.15, 0.2) is 11.6 Å². The zero-order valence-corrected chi connectivity index (χ0v) is 11.2. The molecule has 4 N–H and O–H groups in total. The lowest BCUT2D eigenvalue weighted by atomic mass is 10.1. The molecule has 0 aliphatic heterocycles. The molecule has 0 spiro atoms. The minimum atomic E-state index is -0.971. The number of rotatable bonds is 6. The van der Waals surface area contributed by atoms with Crippen LogP contribution in [0.5, 0.6) is 0 Å². The van der Waals surface area contributed by atoms with Crippen LogP contribution in [0, 0.1) is 11.6 Å². The van der Waals surface area contributed by atoms with Crippen molar-refractivity contribution < 1.29 is 23.4 Å². The SMILES string of the molecule is COCC(O)CN(C)C(=O)c1cc(F)c(NN)c(F)c1. The third-order valence-corrected chi connectivity index (χ3v) is 2.62. The molecule has 0 bridgehead atoms.